The van der Waals surface area contributed by atoms with Crippen LogP contribution in [-0.2, 0) is 23.9 Å². The highest BCUT2D eigenvalue weighted by Gasteiger charge is 2.63. The topological polar surface area (TPSA) is 77.5 Å². The van der Waals surface area contributed by atoms with E-state index in [9.17, 15) is 18.0 Å². The maximum atomic E-state index is 13.7. The Morgan fingerprint density at radius 2 is 1.71 bits per heavy atom. The normalized spacial score (nSPS) is 41.9. The molecule has 0 aliphatic heterocycles. The van der Waals surface area contributed by atoms with Crippen molar-refractivity contribution >= 4 is 21.7 Å². The molecule has 0 spiro atoms. The van der Waals surface area contributed by atoms with Gasteiger partial charge in [-0.2, -0.15) is 8.42 Å². The molecule has 1 aromatic rings. The Morgan fingerprint density at radius 1 is 1.00 bits per heavy atom. The molecule has 4 saturated carbocycles. The first kappa shape index (κ1) is 24.2. The van der Waals surface area contributed by atoms with Crippen molar-refractivity contribution in [3.63, 3.8) is 0 Å². The number of carbonyl (C=O) groups is 2. The first-order valence-electron chi connectivity index (χ1n) is 13.0. The molecule has 4 fully saturated rings. The Labute approximate surface area is 204 Å². The highest BCUT2D eigenvalue weighted by atomic mass is 32.2. The Hall–Kier alpha value is -1.53. The summed E-state index contributed by atoms with van der Waals surface area (Å²) in [6.45, 7) is 8.09. The number of rotatable bonds is 4. The first-order chi connectivity index (χ1) is 16.0. The number of hydrogen-bond donors (Lipinski definition) is 0. The van der Waals surface area contributed by atoms with Crippen LogP contribution in [0, 0.1) is 47.3 Å². The van der Waals surface area contributed by atoms with Gasteiger partial charge in [-0.15, -0.1) is 0 Å². The summed E-state index contributed by atoms with van der Waals surface area (Å²) in [4.78, 5) is 26.3. The van der Waals surface area contributed by atoms with Gasteiger partial charge in [0.1, 0.15) is 11.6 Å². The summed E-state index contributed by atoms with van der Waals surface area (Å²) in [7, 11) is -3.80. The van der Waals surface area contributed by atoms with E-state index in [4.69, 9.17) is 4.18 Å². The molecule has 4 aliphatic rings. The van der Waals surface area contributed by atoms with Gasteiger partial charge in [0.05, 0.1) is 11.0 Å². The van der Waals surface area contributed by atoms with Gasteiger partial charge in [0.15, 0.2) is 0 Å². The van der Waals surface area contributed by atoms with E-state index in [0.717, 1.165) is 37.7 Å². The van der Waals surface area contributed by atoms with E-state index in [0.29, 0.717) is 42.8 Å². The number of ketones is 2. The number of carbonyl (C=O) groups excluding carboxylic acids is 2. The first-order valence-corrected chi connectivity index (χ1v) is 14.4. The highest BCUT2D eigenvalue weighted by molar-refractivity contribution is 7.86. The lowest BCUT2D eigenvalue weighted by atomic mass is 9.44. The molecule has 0 aromatic heterocycles. The molecule has 34 heavy (non-hydrogen) atoms. The van der Waals surface area contributed by atoms with Gasteiger partial charge in [0, 0.05) is 18.3 Å². The number of Topliss-reactive ketones (excluding diaryl/α,β-unsaturated/α-hetero) is 2. The van der Waals surface area contributed by atoms with Gasteiger partial charge in [0.25, 0.3) is 10.1 Å². The largest absolute Gasteiger partial charge is 0.300 e. The van der Waals surface area contributed by atoms with Gasteiger partial charge < -0.3 is 0 Å². The van der Waals surface area contributed by atoms with Gasteiger partial charge in [-0.25, -0.2) is 0 Å². The lowest BCUT2D eigenvalue weighted by Crippen LogP contribution is -2.58. The van der Waals surface area contributed by atoms with Crippen molar-refractivity contribution in [2.24, 2.45) is 40.4 Å². The van der Waals surface area contributed by atoms with Crippen molar-refractivity contribution in [2.75, 3.05) is 0 Å². The van der Waals surface area contributed by atoms with Crippen LogP contribution in [0.5, 0.6) is 0 Å². The molecule has 186 valence electrons. The smallest absolute Gasteiger partial charge is 0.297 e. The number of benzene rings is 1. The molecule has 0 saturated heterocycles. The highest BCUT2D eigenvalue weighted by Crippen LogP contribution is 2.66. The van der Waals surface area contributed by atoms with Crippen LogP contribution in [0.15, 0.2) is 29.2 Å². The predicted octanol–water partition coefficient (Wildman–Crippen LogP) is 5.50. The average molecular weight is 487 g/mol. The van der Waals surface area contributed by atoms with Crippen molar-refractivity contribution in [1.29, 1.82) is 0 Å². The summed E-state index contributed by atoms with van der Waals surface area (Å²) in [5.74, 6) is 1.72. The summed E-state index contributed by atoms with van der Waals surface area (Å²) in [6, 6.07) is 6.79. The molecule has 0 heterocycles. The lowest BCUT2D eigenvalue weighted by molar-refractivity contribution is -0.161. The van der Waals surface area contributed by atoms with Gasteiger partial charge in [0.2, 0.25) is 0 Å². The Morgan fingerprint density at radius 3 is 2.38 bits per heavy atom. The Balaban J connectivity index is 1.34. The third-order valence-corrected chi connectivity index (χ3v) is 11.7. The monoisotopic (exact) mass is 486 g/mol. The van der Waals surface area contributed by atoms with E-state index in [1.165, 1.54) is 0 Å². The molecule has 5 rings (SSSR count). The van der Waals surface area contributed by atoms with E-state index in [1.807, 2.05) is 6.92 Å². The van der Waals surface area contributed by atoms with Crippen molar-refractivity contribution in [3.05, 3.63) is 29.8 Å². The molecular weight excluding hydrogens is 448 g/mol. The summed E-state index contributed by atoms with van der Waals surface area (Å²) >= 11 is 0. The summed E-state index contributed by atoms with van der Waals surface area (Å²) < 4.78 is 31.5. The van der Waals surface area contributed by atoms with Crippen LogP contribution in [0.4, 0.5) is 0 Å². The van der Waals surface area contributed by atoms with Gasteiger partial charge in [-0.3, -0.25) is 13.8 Å². The fraction of sp³-hybridized carbons (Fsp3) is 0.714. The third kappa shape index (κ3) is 3.71. The van der Waals surface area contributed by atoms with E-state index in [2.05, 4.69) is 13.8 Å². The second-order valence-electron chi connectivity index (χ2n) is 12.2. The number of hydrogen-bond acceptors (Lipinski definition) is 5. The Bertz CT molecular complexity index is 1090. The molecule has 8 atom stereocenters. The van der Waals surface area contributed by atoms with Gasteiger partial charge in [-0.1, -0.05) is 31.5 Å². The zero-order valence-electron chi connectivity index (χ0n) is 20.9. The van der Waals surface area contributed by atoms with Gasteiger partial charge in [-0.05, 0) is 99.5 Å². The van der Waals surface area contributed by atoms with Crippen LogP contribution >= 0.6 is 0 Å². The van der Waals surface area contributed by atoms with E-state index in [1.54, 1.807) is 31.2 Å². The van der Waals surface area contributed by atoms with Crippen molar-refractivity contribution in [1.82, 2.24) is 0 Å². The maximum Gasteiger partial charge on any atom is 0.297 e. The zero-order valence-corrected chi connectivity index (χ0v) is 21.7. The van der Waals surface area contributed by atoms with E-state index < -0.39 is 10.1 Å². The Kier molecular flexibility index (Phi) is 5.87. The van der Waals surface area contributed by atoms with E-state index in [-0.39, 0.29) is 39.4 Å². The van der Waals surface area contributed by atoms with E-state index >= 15 is 0 Å². The van der Waals surface area contributed by atoms with Crippen molar-refractivity contribution in [2.45, 2.75) is 90.1 Å². The second-order valence-corrected chi connectivity index (χ2v) is 13.7. The molecule has 1 aromatic carbocycles. The molecule has 0 bridgehead atoms. The molecule has 0 N–H and O–H groups in total. The van der Waals surface area contributed by atoms with Gasteiger partial charge >= 0.3 is 0 Å². The fourth-order valence-corrected chi connectivity index (χ4v) is 9.84. The minimum atomic E-state index is -3.80. The maximum absolute atomic E-state index is 13.7. The standard InChI is InChI=1S/C28H38O5S/c1-17-5-8-21(9-6-17)34(31,32)33-20-13-14-27(3)19(15-20)7-10-22-24-12-11-23(18(2)29)28(24,4)16-25(30)26(22)27/h5-6,8-9,19-20,22-24,26H,7,10-16H2,1-4H3/t19-,20+,22-,23-,24+,26+,27-,28-/m0/s1. The minimum absolute atomic E-state index is 0.0176. The van der Waals surface area contributed by atoms with Crippen LogP contribution in [0.3, 0.4) is 0 Å². The van der Waals surface area contributed by atoms with Crippen LogP contribution in [0.2, 0.25) is 0 Å². The number of aryl methyl sites for hydroxylation is 1. The minimum Gasteiger partial charge on any atom is -0.300 e. The third-order valence-electron chi connectivity index (χ3n) is 10.4. The van der Waals surface area contributed by atoms with Crippen molar-refractivity contribution < 1.29 is 22.2 Å². The molecule has 0 amide bonds. The zero-order chi connectivity index (χ0) is 24.5. The average Bonchev–Trinajstić information content (AvgIpc) is 3.10. The van der Waals surface area contributed by atoms with Crippen molar-refractivity contribution in [3.8, 4) is 0 Å². The fourth-order valence-electron chi connectivity index (χ4n) is 8.73. The van der Waals surface area contributed by atoms with Crippen LogP contribution < -0.4 is 0 Å². The SMILES string of the molecule is CC(=O)[C@@H]1CC[C@@H]2[C@@H]3CC[C@H]4C[C@H](OS(=O)(=O)c5ccc(C)cc5)CC[C@]4(C)[C@H]3C(=O)C[C@]21C. The number of fused-ring (bicyclic) bond motifs is 5. The van der Waals surface area contributed by atoms with Crippen LogP contribution in [0.1, 0.15) is 77.7 Å². The molecule has 0 radical (unpaired) electrons. The quantitative estimate of drug-likeness (QED) is 0.526. The summed E-state index contributed by atoms with van der Waals surface area (Å²) in [6.07, 6.45) is 6.33. The summed E-state index contributed by atoms with van der Waals surface area (Å²) in [5, 5.41) is 0. The molecule has 5 nitrogen and oxygen atoms in total. The predicted molar refractivity (Wildman–Crippen MR) is 130 cm³/mol. The second kappa shape index (κ2) is 8.26. The molecule has 6 heteroatoms. The molecule has 4 aliphatic carbocycles. The molecular formula is C28H38O5S. The van der Waals surface area contributed by atoms with Crippen LogP contribution in [-0.4, -0.2) is 26.1 Å². The molecule has 0 unspecified atom stereocenters. The lowest BCUT2D eigenvalue weighted by Gasteiger charge is -2.59. The summed E-state index contributed by atoms with van der Waals surface area (Å²) in [5.41, 5.74) is 0.716. The van der Waals surface area contributed by atoms with Crippen LogP contribution in [0.25, 0.3) is 0 Å².